The third kappa shape index (κ3) is 6.73. The summed E-state index contributed by atoms with van der Waals surface area (Å²) in [5.41, 5.74) is 4.39. The first-order valence-corrected chi connectivity index (χ1v) is 14.5. The summed E-state index contributed by atoms with van der Waals surface area (Å²) < 4.78 is 41.5. The topological polar surface area (TPSA) is 194 Å². The number of nitrogen functional groups attached to an aromatic ring is 1. The molecule has 3 rings (SSSR count). The van der Waals surface area contributed by atoms with Gasteiger partial charge in [0.2, 0.25) is 5.91 Å². The Labute approximate surface area is 230 Å². The van der Waals surface area contributed by atoms with Crippen molar-refractivity contribution in [1.82, 2.24) is 9.29 Å². The van der Waals surface area contributed by atoms with Crippen LogP contribution in [0.15, 0.2) is 10.5 Å². The monoisotopic (exact) mass is 588 g/mol. The second-order valence-electron chi connectivity index (χ2n) is 9.75. The maximum absolute atomic E-state index is 13.2. The number of ketones is 1. The van der Waals surface area contributed by atoms with Crippen molar-refractivity contribution >= 4 is 56.6 Å². The summed E-state index contributed by atoms with van der Waals surface area (Å²) in [4.78, 5) is 58.4. The van der Waals surface area contributed by atoms with Gasteiger partial charge in [-0.05, 0) is 26.7 Å². The van der Waals surface area contributed by atoms with Crippen LogP contribution in [0.5, 0.6) is 0 Å². The highest BCUT2D eigenvalue weighted by Gasteiger charge is 2.53. The Hall–Kier alpha value is -3.11. The van der Waals surface area contributed by atoms with Crippen molar-refractivity contribution < 1.29 is 46.1 Å². The smallest absolute Gasteiger partial charge is 0.364 e. The summed E-state index contributed by atoms with van der Waals surface area (Å²) in [5.74, 6) is -4.53. The molecule has 1 aromatic heterocycles. The molecule has 1 aliphatic carbocycles. The summed E-state index contributed by atoms with van der Waals surface area (Å²) in [6.45, 7) is 5.77. The number of aromatic nitrogens is 1. The molecule has 0 radical (unpaired) electrons. The summed E-state index contributed by atoms with van der Waals surface area (Å²) in [7, 11) is -4.54. The van der Waals surface area contributed by atoms with E-state index >= 15 is 0 Å². The Bertz CT molecular complexity index is 1240. The van der Waals surface area contributed by atoms with E-state index in [9.17, 15) is 27.6 Å². The lowest BCUT2D eigenvalue weighted by Gasteiger charge is -2.43. The average molecular weight is 589 g/mol. The molecule has 216 valence electrons. The fourth-order valence-electron chi connectivity index (χ4n) is 4.44. The van der Waals surface area contributed by atoms with Crippen molar-refractivity contribution in [3.8, 4) is 0 Å². The molecule has 14 nitrogen and oxygen atoms in total. The largest absolute Gasteiger partial charge is 0.465 e. The fourth-order valence-corrected chi connectivity index (χ4v) is 6.38. The Kier molecular flexibility index (Phi) is 9.33. The van der Waals surface area contributed by atoms with Gasteiger partial charge in [0.05, 0.1) is 30.6 Å². The van der Waals surface area contributed by atoms with Gasteiger partial charge in [-0.2, -0.15) is 8.42 Å². The van der Waals surface area contributed by atoms with Crippen molar-refractivity contribution in [1.29, 1.82) is 0 Å². The second kappa shape index (κ2) is 12.0. The zero-order valence-electron chi connectivity index (χ0n) is 22.1. The quantitative estimate of drug-likeness (QED) is 0.0824. The molecule has 0 aromatic carbocycles. The zero-order valence-corrected chi connectivity index (χ0v) is 23.7. The van der Waals surface area contributed by atoms with Crippen LogP contribution in [-0.4, -0.2) is 72.6 Å². The van der Waals surface area contributed by atoms with E-state index < -0.39 is 64.2 Å². The van der Waals surface area contributed by atoms with Gasteiger partial charge in [0, 0.05) is 25.6 Å². The van der Waals surface area contributed by atoms with Crippen molar-refractivity contribution in [2.45, 2.75) is 71.6 Å². The molecule has 2 atom stereocenters. The van der Waals surface area contributed by atoms with Gasteiger partial charge in [-0.1, -0.05) is 18.0 Å². The summed E-state index contributed by atoms with van der Waals surface area (Å²) in [6, 6.07) is -0.911. The maximum Gasteiger partial charge on any atom is 0.364 e. The number of carbonyl (C=O) groups is 4. The average Bonchev–Trinajstić information content (AvgIpc) is 3.51. The van der Waals surface area contributed by atoms with Crippen LogP contribution in [0, 0.1) is 11.3 Å². The van der Waals surface area contributed by atoms with E-state index in [2.05, 4.69) is 10.1 Å². The molecule has 16 heteroatoms. The van der Waals surface area contributed by atoms with Gasteiger partial charge in [-0.25, -0.2) is 9.29 Å². The lowest BCUT2D eigenvalue weighted by Crippen LogP contribution is -2.62. The summed E-state index contributed by atoms with van der Waals surface area (Å²) in [5, 5.41) is 5.41. The number of β-lactam (4-membered cyclic amide) rings is 1. The van der Waals surface area contributed by atoms with Gasteiger partial charge in [0.1, 0.15) is 5.69 Å². The number of Topliss-reactive ketones (excluding diaryl/α,β-unsaturated/α-hetero) is 1. The normalized spacial score (nSPS) is 21.3. The molecule has 2 N–H and O–H groups in total. The minimum Gasteiger partial charge on any atom is -0.465 e. The molecule has 1 aromatic rings. The number of anilines is 1. The Balaban J connectivity index is 1.71. The number of carbonyl (C=O) groups excluding carboxylic acids is 4. The van der Waals surface area contributed by atoms with E-state index in [1.165, 1.54) is 26.2 Å². The summed E-state index contributed by atoms with van der Waals surface area (Å²) >= 11 is 1.04. The molecule has 0 bridgehead atoms. The highest BCUT2D eigenvalue weighted by atomic mass is 32.2. The molecular formula is C23H32N4O10S2. The molecule has 1 amide bonds. The number of hydrogen-bond donors (Lipinski definition) is 1. The zero-order chi connectivity index (χ0) is 29.0. The highest BCUT2D eigenvalue weighted by molar-refractivity contribution is 7.85. The predicted molar refractivity (Wildman–Crippen MR) is 137 cm³/mol. The molecular weight excluding hydrogens is 556 g/mol. The first-order chi connectivity index (χ1) is 18.3. The predicted octanol–water partition coefficient (Wildman–Crippen LogP) is 1.55. The Morgan fingerprint density at radius 1 is 1.33 bits per heavy atom. The lowest BCUT2D eigenvalue weighted by atomic mass is 9.86. The van der Waals surface area contributed by atoms with Gasteiger partial charge >= 0.3 is 16.3 Å². The number of esters is 1. The Morgan fingerprint density at radius 3 is 2.54 bits per heavy atom. The number of oxime groups is 1. The van der Waals surface area contributed by atoms with E-state index in [0.717, 1.165) is 24.2 Å². The van der Waals surface area contributed by atoms with Crippen LogP contribution in [0.4, 0.5) is 5.13 Å². The highest BCUT2D eigenvalue weighted by Crippen LogP contribution is 2.41. The van der Waals surface area contributed by atoms with Gasteiger partial charge in [-0.3, -0.25) is 23.4 Å². The molecule has 0 unspecified atom stereocenters. The van der Waals surface area contributed by atoms with Crippen molar-refractivity contribution in [2.75, 3.05) is 18.9 Å². The molecule has 2 heterocycles. The molecule has 1 saturated heterocycles. The van der Waals surface area contributed by atoms with Crippen molar-refractivity contribution in [3.05, 3.63) is 11.1 Å². The Morgan fingerprint density at radius 2 is 2.00 bits per heavy atom. The SMILES string of the molecule is CCOC(=O)C1(COS(=O)(=O)N2C(=O)[C@@H](CC(=O)/C(=N/OC(C)(C)OC=O)c3csc(N)n3)[C@@H]2C)CCCC1. The van der Waals surface area contributed by atoms with E-state index in [0.29, 0.717) is 17.1 Å². The number of hydrogen-bond acceptors (Lipinski definition) is 14. The number of nitrogens with zero attached hydrogens (tertiary/aromatic N) is 3. The van der Waals surface area contributed by atoms with Crippen LogP contribution in [0.3, 0.4) is 0 Å². The summed E-state index contributed by atoms with van der Waals surface area (Å²) in [6.07, 6.45) is 1.88. The maximum atomic E-state index is 13.2. The number of amides is 1. The fraction of sp³-hybridized carbons (Fsp3) is 0.652. The van der Waals surface area contributed by atoms with Crippen LogP contribution in [0.1, 0.15) is 65.5 Å². The van der Waals surface area contributed by atoms with Crippen LogP contribution >= 0.6 is 11.3 Å². The molecule has 0 spiro atoms. The van der Waals surface area contributed by atoms with E-state index in [1.807, 2.05) is 0 Å². The minimum absolute atomic E-state index is 0.0810. The number of thiazole rings is 1. The lowest BCUT2D eigenvalue weighted by molar-refractivity contribution is -0.203. The molecule has 39 heavy (non-hydrogen) atoms. The number of rotatable bonds is 14. The molecule has 1 saturated carbocycles. The van der Waals surface area contributed by atoms with Crippen molar-refractivity contribution in [2.24, 2.45) is 16.5 Å². The van der Waals surface area contributed by atoms with Crippen molar-refractivity contribution in [3.63, 3.8) is 0 Å². The van der Waals surface area contributed by atoms with Gasteiger partial charge < -0.3 is 20.0 Å². The van der Waals surface area contributed by atoms with E-state index in [-0.39, 0.29) is 29.6 Å². The standard InChI is InChI=1S/C23H32N4O10S2/c1-5-34-20(31)23(8-6-7-9-23)12-36-39(32,33)27-14(2)15(19(27)30)10-17(29)18(16-11-38-21(24)25-16)26-37-22(3,4)35-13-28/h11,13-15H,5-10,12H2,1-4H3,(H2,24,25)/b26-18+/t14-,15-/m0/s1. The van der Waals surface area contributed by atoms with Gasteiger partial charge in [0.15, 0.2) is 16.6 Å². The van der Waals surface area contributed by atoms with Crippen LogP contribution < -0.4 is 5.73 Å². The first-order valence-electron chi connectivity index (χ1n) is 12.3. The number of nitrogens with two attached hydrogens (primary N) is 1. The molecule has 1 aliphatic heterocycles. The van der Waals surface area contributed by atoms with Crippen LogP contribution in [0.25, 0.3) is 0 Å². The van der Waals surface area contributed by atoms with Crippen LogP contribution in [-0.2, 0) is 48.0 Å². The first kappa shape index (κ1) is 30.4. The molecule has 2 fully saturated rings. The van der Waals surface area contributed by atoms with Crippen LogP contribution in [0.2, 0.25) is 0 Å². The van der Waals surface area contributed by atoms with E-state index in [1.54, 1.807) is 6.92 Å². The molecule has 2 aliphatic rings. The second-order valence-corrected chi connectivity index (χ2v) is 12.1. The van der Waals surface area contributed by atoms with Gasteiger partial charge in [-0.15, -0.1) is 11.3 Å². The minimum atomic E-state index is -4.54. The third-order valence-corrected chi connectivity index (χ3v) is 8.69. The van der Waals surface area contributed by atoms with E-state index in [4.69, 9.17) is 24.2 Å². The van der Waals surface area contributed by atoms with Gasteiger partial charge in [0.25, 0.3) is 12.3 Å². The number of ether oxygens (including phenoxy) is 2. The third-order valence-electron chi connectivity index (χ3n) is 6.60.